The Morgan fingerprint density at radius 2 is 2.41 bits per heavy atom. The molecule has 90 valence electrons. The van der Waals surface area contributed by atoms with E-state index in [1.54, 1.807) is 11.3 Å². The van der Waals surface area contributed by atoms with Crippen LogP contribution in [0.5, 0.6) is 0 Å². The minimum atomic E-state index is 0.212. The predicted octanol–water partition coefficient (Wildman–Crippen LogP) is 3.96. The smallest absolute Gasteiger partial charge is 0.195 e. The zero-order chi connectivity index (χ0) is 11.9. The molecule has 1 saturated carbocycles. The van der Waals surface area contributed by atoms with Crippen LogP contribution in [0.4, 0.5) is 0 Å². The first-order valence-corrected chi connectivity index (χ1v) is 7.27. The molecular formula is C12H15N3S2. The lowest BCUT2D eigenvalue weighted by Crippen LogP contribution is -2.40. The van der Waals surface area contributed by atoms with E-state index in [4.69, 9.17) is 12.2 Å². The van der Waals surface area contributed by atoms with Crippen LogP contribution in [0.15, 0.2) is 17.5 Å². The minimum absolute atomic E-state index is 0.212. The topological polar surface area (TPSA) is 33.6 Å². The fraction of sp³-hybridized carbons (Fsp3) is 0.500. The number of nitrogens with one attached hydrogen (secondary N) is 1. The van der Waals surface area contributed by atoms with Crippen LogP contribution < -0.4 is 0 Å². The SMILES string of the molecule is CCC1(n2c(-c3cccs3)n[nH]c2=S)CCC1. The molecule has 0 saturated heterocycles. The number of aromatic amines is 1. The number of aromatic nitrogens is 3. The van der Waals surface area contributed by atoms with Crippen LogP contribution >= 0.6 is 23.6 Å². The van der Waals surface area contributed by atoms with Gasteiger partial charge in [0.15, 0.2) is 10.6 Å². The largest absolute Gasteiger partial charge is 0.293 e. The molecular weight excluding hydrogens is 250 g/mol. The monoisotopic (exact) mass is 265 g/mol. The van der Waals surface area contributed by atoms with Crippen molar-refractivity contribution in [2.75, 3.05) is 0 Å². The molecule has 3 nitrogen and oxygen atoms in total. The standard InChI is InChI=1S/C12H15N3S2/c1-2-12(6-4-7-12)15-10(13-14-11(15)16)9-5-3-8-17-9/h3,5,8H,2,4,6-7H2,1H3,(H,14,16). The fourth-order valence-electron chi connectivity index (χ4n) is 2.63. The summed E-state index contributed by atoms with van der Waals surface area (Å²) in [6.07, 6.45) is 4.86. The molecule has 0 unspecified atom stereocenters. The Labute approximate surface area is 109 Å². The van der Waals surface area contributed by atoms with Gasteiger partial charge in [-0.2, -0.15) is 5.10 Å². The third kappa shape index (κ3) is 1.60. The van der Waals surface area contributed by atoms with Crippen LogP contribution in [0.2, 0.25) is 0 Å². The highest BCUT2D eigenvalue weighted by Crippen LogP contribution is 2.44. The molecule has 5 heteroatoms. The van der Waals surface area contributed by atoms with Crippen molar-refractivity contribution >= 4 is 23.6 Å². The molecule has 17 heavy (non-hydrogen) atoms. The zero-order valence-electron chi connectivity index (χ0n) is 9.77. The Morgan fingerprint density at radius 3 is 2.94 bits per heavy atom. The second kappa shape index (κ2) is 4.07. The van der Waals surface area contributed by atoms with Gasteiger partial charge in [0.2, 0.25) is 0 Å². The van der Waals surface area contributed by atoms with E-state index in [1.165, 1.54) is 24.1 Å². The van der Waals surface area contributed by atoms with Crippen molar-refractivity contribution in [3.8, 4) is 10.7 Å². The van der Waals surface area contributed by atoms with E-state index in [-0.39, 0.29) is 5.54 Å². The quantitative estimate of drug-likeness (QED) is 0.852. The summed E-state index contributed by atoms with van der Waals surface area (Å²) in [4.78, 5) is 1.19. The van der Waals surface area contributed by atoms with Crippen LogP contribution in [-0.4, -0.2) is 14.8 Å². The average Bonchev–Trinajstić information content (AvgIpc) is 2.88. The second-order valence-electron chi connectivity index (χ2n) is 4.60. The summed E-state index contributed by atoms with van der Waals surface area (Å²) in [6, 6.07) is 4.16. The molecule has 0 aromatic carbocycles. The van der Waals surface area contributed by atoms with Crippen molar-refractivity contribution in [3.63, 3.8) is 0 Å². The molecule has 1 N–H and O–H groups in total. The van der Waals surface area contributed by atoms with E-state index in [0.717, 1.165) is 17.0 Å². The molecule has 0 atom stereocenters. The molecule has 1 fully saturated rings. The zero-order valence-corrected chi connectivity index (χ0v) is 11.4. The molecule has 2 heterocycles. The summed E-state index contributed by atoms with van der Waals surface area (Å²) in [7, 11) is 0. The number of hydrogen-bond donors (Lipinski definition) is 1. The van der Waals surface area contributed by atoms with Gasteiger partial charge in [-0.05, 0) is 49.3 Å². The predicted molar refractivity (Wildman–Crippen MR) is 72.8 cm³/mol. The highest BCUT2D eigenvalue weighted by atomic mass is 32.1. The van der Waals surface area contributed by atoms with Crippen molar-refractivity contribution in [1.82, 2.24) is 14.8 Å². The maximum atomic E-state index is 5.41. The molecule has 2 aromatic heterocycles. The summed E-state index contributed by atoms with van der Waals surface area (Å²) in [5.41, 5.74) is 0.212. The lowest BCUT2D eigenvalue weighted by atomic mass is 9.74. The Bertz CT molecular complexity index is 555. The number of rotatable bonds is 3. The summed E-state index contributed by atoms with van der Waals surface area (Å²) < 4.78 is 3.01. The number of thiophene rings is 1. The van der Waals surface area contributed by atoms with Gasteiger partial charge in [-0.15, -0.1) is 11.3 Å². The van der Waals surface area contributed by atoms with E-state index in [1.807, 2.05) is 0 Å². The highest BCUT2D eigenvalue weighted by Gasteiger charge is 2.39. The molecule has 1 aliphatic carbocycles. The van der Waals surface area contributed by atoms with Gasteiger partial charge in [0.25, 0.3) is 0 Å². The number of H-pyrrole nitrogens is 1. The summed E-state index contributed by atoms with van der Waals surface area (Å²) in [5.74, 6) is 1.01. The van der Waals surface area contributed by atoms with Gasteiger partial charge in [0, 0.05) is 5.54 Å². The van der Waals surface area contributed by atoms with E-state index in [9.17, 15) is 0 Å². The normalized spacial score (nSPS) is 17.9. The maximum absolute atomic E-state index is 5.41. The van der Waals surface area contributed by atoms with Gasteiger partial charge >= 0.3 is 0 Å². The first-order valence-electron chi connectivity index (χ1n) is 5.99. The van der Waals surface area contributed by atoms with Crippen molar-refractivity contribution in [1.29, 1.82) is 0 Å². The number of hydrogen-bond acceptors (Lipinski definition) is 3. The van der Waals surface area contributed by atoms with Gasteiger partial charge < -0.3 is 0 Å². The Morgan fingerprint density at radius 1 is 1.59 bits per heavy atom. The van der Waals surface area contributed by atoms with Crippen molar-refractivity contribution in [3.05, 3.63) is 22.3 Å². The first-order chi connectivity index (χ1) is 8.27. The van der Waals surface area contributed by atoms with Crippen molar-refractivity contribution < 1.29 is 0 Å². The highest BCUT2D eigenvalue weighted by molar-refractivity contribution is 7.71. The third-order valence-electron chi connectivity index (χ3n) is 3.83. The lowest BCUT2D eigenvalue weighted by Gasteiger charge is -2.42. The molecule has 0 bridgehead atoms. The Hall–Kier alpha value is -0.940. The molecule has 0 amide bonds. The van der Waals surface area contributed by atoms with Crippen molar-refractivity contribution in [2.45, 2.75) is 38.1 Å². The maximum Gasteiger partial charge on any atom is 0.195 e. The molecule has 0 spiro atoms. The average molecular weight is 265 g/mol. The van der Waals surface area contributed by atoms with Gasteiger partial charge in [0.1, 0.15) is 0 Å². The van der Waals surface area contributed by atoms with Crippen LogP contribution in [0.25, 0.3) is 10.7 Å². The van der Waals surface area contributed by atoms with Crippen LogP contribution in [0, 0.1) is 4.77 Å². The summed E-state index contributed by atoms with van der Waals surface area (Å²) in [6.45, 7) is 2.24. The van der Waals surface area contributed by atoms with E-state index in [0.29, 0.717) is 0 Å². The summed E-state index contributed by atoms with van der Waals surface area (Å²) in [5, 5.41) is 9.45. The van der Waals surface area contributed by atoms with Crippen LogP contribution in [-0.2, 0) is 5.54 Å². The van der Waals surface area contributed by atoms with Gasteiger partial charge in [0.05, 0.1) is 4.88 Å². The molecule has 0 aliphatic heterocycles. The van der Waals surface area contributed by atoms with E-state index >= 15 is 0 Å². The van der Waals surface area contributed by atoms with Gasteiger partial charge in [-0.3, -0.25) is 9.67 Å². The number of nitrogens with zero attached hydrogens (tertiary/aromatic N) is 2. The fourth-order valence-corrected chi connectivity index (χ4v) is 3.66. The molecule has 1 aliphatic rings. The second-order valence-corrected chi connectivity index (χ2v) is 5.93. The molecule has 3 rings (SSSR count). The molecule has 0 radical (unpaired) electrons. The lowest BCUT2D eigenvalue weighted by molar-refractivity contribution is 0.136. The van der Waals surface area contributed by atoms with E-state index in [2.05, 4.69) is 39.2 Å². The Balaban J connectivity index is 2.16. The Kier molecular flexibility index (Phi) is 2.67. The van der Waals surface area contributed by atoms with Crippen LogP contribution in [0.3, 0.4) is 0 Å². The third-order valence-corrected chi connectivity index (χ3v) is 4.97. The minimum Gasteiger partial charge on any atom is -0.293 e. The first kappa shape index (κ1) is 11.2. The van der Waals surface area contributed by atoms with Gasteiger partial charge in [-0.25, -0.2) is 0 Å². The van der Waals surface area contributed by atoms with Crippen LogP contribution in [0.1, 0.15) is 32.6 Å². The van der Waals surface area contributed by atoms with Gasteiger partial charge in [-0.1, -0.05) is 13.0 Å². The van der Waals surface area contributed by atoms with E-state index < -0.39 is 0 Å². The summed E-state index contributed by atoms with van der Waals surface area (Å²) >= 11 is 7.13. The molecule has 2 aromatic rings. The van der Waals surface area contributed by atoms with Crippen molar-refractivity contribution in [2.24, 2.45) is 0 Å².